The molecular formula is C22H28Cl2N6. The summed E-state index contributed by atoms with van der Waals surface area (Å²) < 4.78 is 0. The molecule has 2 aliphatic rings. The fourth-order valence-corrected chi connectivity index (χ4v) is 4.55. The maximum atomic E-state index is 6.61. The molecular weight excluding hydrogens is 419 g/mol. The van der Waals surface area contributed by atoms with Crippen LogP contribution in [0.25, 0.3) is 16.5 Å². The Morgan fingerprint density at radius 2 is 2.03 bits per heavy atom. The lowest BCUT2D eigenvalue weighted by Crippen LogP contribution is -2.34. The van der Waals surface area contributed by atoms with E-state index in [-0.39, 0.29) is 0 Å². The number of hydrazine groups is 1. The van der Waals surface area contributed by atoms with E-state index in [4.69, 9.17) is 28.9 Å². The number of H-pyrrole nitrogens is 1. The SMILES string of the molecule is C=C(CN)NCC(=C)N1CCc2[nH]c3c(Cl)c(Cl)cc(C4=CN(C)N(C)C4)c3c2C1. The third kappa shape index (κ3) is 3.69. The minimum absolute atomic E-state index is 0.417. The molecule has 0 saturated carbocycles. The Labute approximate surface area is 187 Å². The summed E-state index contributed by atoms with van der Waals surface area (Å²) in [6.07, 6.45) is 3.05. The van der Waals surface area contributed by atoms with Crippen LogP contribution in [0.1, 0.15) is 16.8 Å². The van der Waals surface area contributed by atoms with Crippen LogP contribution in [0, 0.1) is 0 Å². The molecule has 6 nitrogen and oxygen atoms in total. The molecule has 0 unspecified atom stereocenters. The highest BCUT2D eigenvalue weighted by Gasteiger charge is 2.27. The lowest BCUT2D eigenvalue weighted by molar-refractivity contribution is 0.118. The number of rotatable bonds is 6. The zero-order valence-electron chi connectivity index (χ0n) is 17.5. The van der Waals surface area contributed by atoms with E-state index < -0.39 is 0 Å². The summed E-state index contributed by atoms with van der Waals surface area (Å²) in [6, 6.07) is 2.00. The predicted molar refractivity (Wildman–Crippen MR) is 126 cm³/mol. The molecule has 0 saturated heterocycles. The van der Waals surface area contributed by atoms with Crippen LogP contribution in [0.3, 0.4) is 0 Å². The van der Waals surface area contributed by atoms with Gasteiger partial charge in [0.15, 0.2) is 0 Å². The van der Waals surface area contributed by atoms with Crippen molar-refractivity contribution in [3.63, 3.8) is 0 Å². The van der Waals surface area contributed by atoms with Gasteiger partial charge in [-0.2, -0.15) is 0 Å². The highest BCUT2D eigenvalue weighted by Crippen LogP contribution is 2.41. The summed E-state index contributed by atoms with van der Waals surface area (Å²) in [6.45, 7) is 11.7. The van der Waals surface area contributed by atoms with Gasteiger partial charge in [0.05, 0.1) is 22.1 Å². The van der Waals surface area contributed by atoms with Crippen LogP contribution >= 0.6 is 23.2 Å². The molecule has 0 radical (unpaired) electrons. The van der Waals surface area contributed by atoms with Crippen molar-refractivity contribution >= 4 is 39.7 Å². The lowest BCUT2D eigenvalue weighted by atomic mass is 9.96. The number of aromatic amines is 1. The maximum Gasteiger partial charge on any atom is 0.0833 e. The van der Waals surface area contributed by atoms with Gasteiger partial charge in [0, 0.05) is 80.9 Å². The van der Waals surface area contributed by atoms with Gasteiger partial charge in [0.25, 0.3) is 0 Å². The third-order valence-electron chi connectivity index (χ3n) is 6.00. The minimum atomic E-state index is 0.417. The summed E-state index contributed by atoms with van der Waals surface area (Å²) >= 11 is 13.1. The largest absolute Gasteiger partial charge is 0.382 e. The highest BCUT2D eigenvalue weighted by atomic mass is 35.5. The van der Waals surface area contributed by atoms with Crippen molar-refractivity contribution < 1.29 is 0 Å². The Balaban J connectivity index is 1.72. The van der Waals surface area contributed by atoms with Gasteiger partial charge in [0.1, 0.15) is 0 Å². The molecule has 2 aromatic rings. The fraction of sp³-hybridized carbons (Fsp3) is 0.364. The van der Waals surface area contributed by atoms with Crippen molar-refractivity contribution in [3.05, 3.63) is 63.7 Å². The average molecular weight is 447 g/mol. The van der Waals surface area contributed by atoms with Gasteiger partial charge in [-0.05, 0) is 17.2 Å². The summed E-state index contributed by atoms with van der Waals surface area (Å²) in [5.74, 6) is 0. The maximum absolute atomic E-state index is 6.61. The number of nitrogens with zero attached hydrogens (tertiary/aromatic N) is 3. The second-order valence-corrected chi connectivity index (χ2v) is 8.78. The molecule has 0 amide bonds. The van der Waals surface area contributed by atoms with Gasteiger partial charge in [0.2, 0.25) is 0 Å². The molecule has 1 aromatic carbocycles. The van der Waals surface area contributed by atoms with Crippen molar-refractivity contribution in [1.82, 2.24) is 25.2 Å². The molecule has 0 bridgehead atoms. The zero-order chi connectivity index (χ0) is 21.6. The smallest absolute Gasteiger partial charge is 0.0833 e. The van der Waals surface area contributed by atoms with Crippen LogP contribution in [0.5, 0.6) is 0 Å². The second-order valence-electron chi connectivity index (χ2n) is 7.99. The minimum Gasteiger partial charge on any atom is -0.382 e. The fourth-order valence-electron chi connectivity index (χ4n) is 4.15. The zero-order valence-corrected chi connectivity index (χ0v) is 19.0. The molecule has 2 aliphatic heterocycles. The molecule has 8 heteroatoms. The Kier molecular flexibility index (Phi) is 5.77. The molecule has 0 aliphatic carbocycles. The number of nitrogens with one attached hydrogen (secondary N) is 2. The first kappa shape index (κ1) is 21.1. The van der Waals surface area contributed by atoms with Gasteiger partial charge < -0.3 is 25.9 Å². The van der Waals surface area contributed by atoms with E-state index in [0.717, 1.165) is 53.9 Å². The van der Waals surface area contributed by atoms with Gasteiger partial charge in [-0.3, -0.25) is 0 Å². The van der Waals surface area contributed by atoms with Gasteiger partial charge in [-0.15, -0.1) is 0 Å². The van der Waals surface area contributed by atoms with E-state index in [0.29, 0.717) is 23.1 Å². The topological polar surface area (TPSA) is 63.6 Å². The monoisotopic (exact) mass is 446 g/mol. The highest BCUT2D eigenvalue weighted by molar-refractivity contribution is 6.45. The van der Waals surface area contributed by atoms with Crippen LogP contribution < -0.4 is 11.1 Å². The first-order valence-electron chi connectivity index (χ1n) is 10.0. The van der Waals surface area contributed by atoms with Crippen LogP contribution in [-0.4, -0.2) is 60.2 Å². The molecule has 0 fully saturated rings. The third-order valence-corrected chi connectivity index (χ3v) is 6.79. The van der Waals surface area contributed by atoms with E-state index in [2.05, 4.69) is 51.6 Å². The summed E-state index contributed by atoms with van der Waals surface area (Å²) in [4.78, 5) is 5.86. The standard InChI is InChI=1S/C22H28Cl2N6/c1-13(8-25)26-9-14(2)30-6-5-19-17(12-30)20-16(15-10-28(3)29(4)11-15)7-18(23)21(24)22(20)27-19/h7,10,26-27H,1-2,5-6,8-9,11-12,25H2,3-4H3. The first-order chi connectivity index (χ1) is 14.3. The number of fused-ring (bicyclic) bond motifs is 3. The summed E-state index contributed by atoms with van der Waals surface area (Å²) in [5.41, 5.74) is 13.2. The van der Waals surface area contributed by atoms with Crippen LogP contribution in [-0.2, 0) is 13.0 Å². The number of halogens is 2. The number of hydrogen-bond donors (Lipinski definition) is 3. The number of benzene rings is 1. The average Bonchev–Trinajstić information content (AvgIpc) is 3.28. The van der Waals surface area contributed by atoms with Crippen molar-refractivity contribution in [3.8, 4) is 0 Å². The quantitative estimate of drug-likeness (QED) is 0.633. The van der Waals surface area contributed by atoms with Crippen LogP contribution in [0.4, 0.5) is 0 Å². The molecule has 30 heavy (non-hydrogen) atoms. The van der Waals surface area contributed by atoms with Gasteiger partial charge in [-0.1, -0.05) is 36.4 Å². The molecule has 1 aromatic heterocycles. The molecule has 0 spiro atoms. The van der Waals surface area contributed by atoms with Crippen LogP contribution in [0.15, 0.2) is 36.8 Å². The van der Waals surface area contributed by atoms with Crippen molar-refractivity contribution in [2.75, 3.05) is 40.3 Å². The van der Waals surface area contributed by atoms with E-state index in [9.17, 15) is 0 Å². The van der Waals surface area contributed by atoms with E-state index >= 15 is 0 Å². The normalized spacial score (nSPS) is 16.8. The Bertz CT molecular complexity index is 1050. The number of likely N-dealkylation sites (N-methyl/N-ethyl adjacent to an activating group) is 1. The Hall–Kier alpha value is -2.12. The Morgan fingerprint density at radius 3 is 2.70 bits per heavy atom. The summed E-state index contributed by atoms with van der Waals surface area (Å²) in [7, 11) is 4.11. The van der Waals surface area contributed by atoms with Gasteiger partial charge in [-0.25, -0.2) is 5.01 Å². The number of aromatic nitrogens is 1. The predicted octanol–water partition coefficient (Wildman–Crippen LogP) is 3.54. The van der Waals surface area contributed by atoms with E-state index in [1.54, 1.807) is 0 Å². The molecule has 4 N–H and O–H groups in total. The Morgan fingerprint density at radius 1 is 1.27 bits per heavy atom. The van der Waals surface area contributed by atoms with Crippen molar-refractivity contribution in [1.29, 1.82) is 0 Å². The molecule has 0 atom stereocenters. The molecule has 3 heterocycles. The lowest BCUT2D eigenvalue weighted by Gasteiger charge is -2.31. The summed E-state index contributed by atoms with van der Waals surface area (Å²) in [5, 5.41) is 9.80. The molecule has 160 valence electrons. The number of hydrogen-bond acceptors (Lipinski definition) is 5. The first-order valence-corrected chi connectivity index (χ1v) is 10.8. The second kappa shape index (κ2) is 8.19. The van der Waals surface area contributed by atoms with E-state index in [1.165, 1.54) is 16.8 Å². The van der Waals surface area contributed by atoms with Gasteiger partial charge >= 0.3 is 0 Å². The van der Waals surface area contributed by atoms with Crippen LogP contribution in [0.2, 0.25) is 10.0 Å². The van der Waals surface area contributed by atoms with Crippen molar-refractivity contribution in [2.45, 2.75) is 13.0 Å². The van der Waals surface area contributed by atoms with E-state index in [1.807, 2.05) is 13.1 Å². The molecule has 4 rings (SSSR count). The van der Waals surface area contributed by atoms with Crippen molar-refractivity contribution in [2.24, 2.45) is 5.73 Å². The number of nitrogens with two attached hydrogens (primary N) is 1.